The Labute approximate surface area is 165 Å². The lowest BCUT2D eigenvalue weighted by Crippen LogP contribution is -2.41. The third-order valence-corrected chi connectivity index (χ3v) is 4.25. The molecular formula is C16H24Cl2IN3O. The number of aliphatic imine (C=N–C) groups is 1. The monoisotopic (exact) mass is 471 g/mol. The van der Waals surface area contributed by atoms with E-state index in [-0.39, 0.29) is 24.0 Å². The van der Waals surface area contributed by atoms with Crippen LogP contribution in [-0.2, 0) is 11.3 Å². The van der Waals surface area contributed by atoms with Crippen LogP contribution in [0.25, 0.3) is 0 Å². The largest absolute Gasteiger partial charge is 0.381 e. The van der Waals surface area contributed by atoms with Crippen molar-refractivity contribution in [3.8, 4) is 0 Å². The van der Waals surface area contributed by atoms with E-state index in [1.807, 2.05) is 12.1 Å². The zero-order valence-electron chi connectivity index (χ0n) is 13.5. The third-order valence-electron chi connectivity index (χ3n) is 3.67. The first-order valence-corrected chi connectivity index (χ1v) is 8.37. The summed E-state index contributed by atoms with van der Waals surface area (Å²) in [7, 11) is 2.06. The number of halogens is 3. The van der Waals surface area contributed by atoms with Gasteiger partial charge in [0.1, 0.15) is 0 Å². The first kappa shape index (κ1) is 20.8. The standard InChI is InChI=1S/C16H23Cl2N3O.HI/c1-3-19-16(21(2)10-12-6-7-22-11-12)20-9-13-4-5-14(17)8-15(13)18;/h4-5,8,12H,3,6-7,9-11H2,1-2H3,(H,19,20);1H. The van der Waals surface area contributed by atoms with Gasteiger partial charge in [-0.15, -0.1) is 24.0 Å². The van der Waals surface area contributed by atoms with Crippen molar-refractivity contribution in [2.75, 3.05) is 33.4 Å². The summed E-state index contributed by atoms with van der Waals surface area (Å²) in [5, 5.41) is 4.62. The van der Waals surface area contributed by atoms with Crippen molar-refractivity contribution in [1.29, 1.82) is 0 Å². The summed E-state index contributed by atoms with van der Waals surface area (Å²) >= 11 is 12.1. The van der Waals surface area contributed by atoms with Crippen LogP contribution >= 0.6 is 47.2 Å². The molecule has 4 nitrogen and oxygen atoms in total. The second kappa shape index (κ2) is 10.6. The van der Waals surface area contributed by atoms with Gasteiger partial charge in [0.05, 0.1) is 13.2 Å². The van der Waals surface area contributed by atoms with Crippen molar-refractivity contribution >= 4 is 53.1 Å². The fraction of sp³-hybridized carbons (Fsp3) is 0.562. The predicted molar refractivity (Wildman–Crippen MR) is 108 cm³/mol. The second-order valence-corrected chi connectivity index (χ2v) is 6.36. The molecule has 1 saturated heterocycles. The summed E-state index contributed by atoms with van der Waals surface area (Å²) in [6.07, 6.45) is 1.12. The molecule has 0 radical (unpaired) electrons. The van der Waals surface area contributed by atoms with Crippen molar-refractivity contribution in [2.24, 2.45) is 10.9 Å². The van der Waals surface area contributed by atoms with E-state index < -0.39 is 0 Å². The van der Waals surface area contributed by atoms with E-state index in [4.69, 9.17) is 27.9 Å². The number of ether oxygens (including phenoxy) is 1. The van der Waals surface area contributed by atoms with Crippen LogP contribution in [0.2, 0.25) is 10.0 Å². The Bertz CT molecular complexity index is 522. The number of guanidine groups is 1. The zero-order valence-corrected chi connectivity index (χ0v) is 17.4. The maximum atomic E-state index is 6.20. The average molecular weight is 472 g/mol. The highest BCUT2D eigenvalue weighted by molar-refractivity contribution is 14.0. The minimum absolute atomic E-state index is 0. The van der Waals surface area contributed by atoms with Gasteiger partial charge in [-0.2, -0.15) is 0 Å². The van der Waals surface area contributed by atoms with Gasteiger partial charge >= 0.3 is 0 Å². The highest BCUT2D eigenvalue weighted by Crippen LogP contribution is 2.21. The molecule has 1 aromatic rings. The molecule has 0 amide bonds. The van der Waals surface area contributed by atoms with Crippen molar-refractivity contribution in [3.63, 3.8) is 0 Å². The number of hydrogen-bond acceptors (Lipinski definition) is 2. The minimum Gasteiger partial charge on any atom is -0.381 e. The molecule has 1 aliphatic rings. The van der Waals surface area contributed by atoms with Gasteiger partial charge in [-0.1, -0.05) is 29.3 Å². The number of nitrogens with one attached hydrogen (secondary N) is 1. The Morgan fingerprint density at radius 1 is 1.43 bits per heavy atom. The summed E-state index contributed by atoms with van der Waals surface area (Å²) < 4.78 is 5.44. The first-order chi connectivity index (χ1) is 10.6. The molecule has 0 aromatic heterocycles. The normalized spacial score (nSPS) is 17.7. The molecule has 1 heterocycles. The molecule has 0 aliphatic carbocycles. The number of nitrogens with zero attached hydrogens (tertiary/aromatic N) is 2. The van der Waals surface area contributed by atoms with Crippen molar-refractivity contribution in [3.05, 3.63) is 33.8 Å². The summed E-state index contributed by atoms with van der Waals surface area (Å²) in [6.45, 7) is 6.08. The van der Waals surface area contributed by atoms with Crippen LogP contribution in [0.4, 0.5) is 0 Å². The maximum Gasteiger partial charge on any atom is 0.193 e. The van der Waals surface area contributed by atoms with Gasteiger partial charge in [-0.3, -0.25) is 0 Å². The molecule has 1 aliphatic heterocycles. The SMILES string of the molecule is CCNC(=NCc1ccc(Cl)cc1Cl)N(C)CC1CCOC1.I. The van der Waals surface area contributed by atoms with Gasteiger partial charge < -0.3 is 15.0 Å². The quantitative estimate of drug-likeness (QED) is 0.400. The molecule has 1 fully saturated rings. The topological polar surface area (TPSA) is 36.9 Å². The van der Waals surface area contributed by atoms with E-state index in [1.54, 1.807) is 6.07 Å². The van der Waals surface area contributed by atoms with E-state index >= 15 is 0 Å². The lowest BCUT2D eigenvalue weighted by Gasteiger charge is -2.24. The smallest absolute Gasteiger partial charge is 0.193 e. The number of rotatable bonds is 5. The Kier molecular flexibility index (Phi) is 9.58. The summed E-state index contributed by atoms with van der Waals surface area (Å²) in [6, 6.07) is 5.51. The third kappa shape index (κ3) is 6.64. The second-order valence-electron chi connectivity index (χ2n) is 5.52. The van der Waals surface area contributed by atoms with Crippen molar-refractivity contribution in [1.82, 2.24) is 10.2 Å². The van der Waals surface area contributed by atoms with Gasteiger partial charge in [0, 0.05) is 42.7 Å². The zero-order chi connectivity index (χ0) is 15.9. The lowest BCUT2D eigenvalue weighted by atomic mass is 10.1. The van der Waals surface area contributed by atoms with Crippen LogP contribution in [0.15, 0.2) is 23.2 Å². The van der Waals surface area contributed by atoms with Crippen LogP contribution in [-0.4, -0.2) is 44.2 Å². The van der Waals surface area contributed by atoms with Gasteiger partial charge in [0.25, 0.3) is 0 Å². The number of hydrogen-bond donors (Lipinski definition) is 1. The average Bonchev–Trinajstić information content (AvgIpc) is 2.97. The predicted octanol–water partition coefficient (Wildman–Crippen LogP) is 4.05. The van der Waals surface area contributed by atoms with E-state index in [1.165, 1.54) is 0 Å². The highest BCUT2D eigenvalue weighted by Gasteiger charge is 2.19. The molecule has 7 heteroatoms. The van der Waals surface area contributed by atoms with Crippen molar-refractivity contribution in [2.45, 2.75) is 19.9 Å². The molecule has 1 atom stereocenters. The summed E-state index contributed by atoms with van der Waals surface area (Å²) in [4.78, 5) is 6.84. The Morgan fingerprint density at radius 3 is 2.83 bits per heavy atom. The molecule has 1 unspecified atom stereocenters. The molecule has 0 spiro atoms. The minimum atomic E-state index is 0. The van der Waals surface area contributed by atoms with Gasteiger partial charge in [0.2, 0.25) is 0 Å². The van der Waals surface area contributed by atoms with Crippen LogP contribution in [0.3, 0.4) is 0 Å². The molecule has 0 saturated carbocycles. The first-order valence-electron chi connectivity index (χ1n) is 7.61. The molecule has 0 bridgehead atoms. The molecule has 1 N–H and O–H groups in total. The van der Waals surface area contributed by atoms with E-state index in [9.17, 15) is 0 Å². The van der Waals surface area contributed by atoms with E-state index in [0.29, 0.717) is 22.5 Å². The van der Waals surface area contributed by atoms with Gasteiger partial charge in [0.15, 0.2) is 5.96 Å². The molecule has 2 rings (SSSR count). The van der Waals surface area contributed by atoms with E-state index in [0.717, 1.165) is 44.2 Å². The Morgan fingerprint density at radius 2 is 2.22 bits per heavy atom. The summed E-state index contributed by atoms with van der Waals surface area (Å²) in [5.74, 6) is 1.47. The summed E-state index contributed by atoms with van der Waals surface area (Å²) in [5.41, 5.74) is 0.971. The maximum absolute atomic E-state index is 6.20. The van der Waals surface area contributed by atoms with Crippen LogP contribution in [0, 0.1) is 5.92 Å². The van der Waals surface area contributed by atoms with Crippen LogP contribution < -0.4 is 5.32 Å². The number of benzene rings is 1. The Balaban J connectivity index is 0.00000264. The molecule has 23 heavy (non-hydrogen) atoms. The van der Waals surface area contributed by atoms with Crippen LogP contribution in [0.1, 0.15) is 18.9 Å². The van der Waals surface area contributed by atoms with Crippen LogP contribution in [0.5, 0.6) is 0 Å². The fourth-order valence-corrected chi connectivity index (χ4v) is 2.95. The van der Waals surface area contributed by atoms with Crippen molar-refractivity contribution < 1.29 is 4.74 Å². The Hall–Kier alpha value is -0.240. The lowest BCUT2D eigenvalue weighted by molar-refractivity contribution is 0.181. The molecular weight excluding hydrogens is 448 g/mol. The highest BCUT2D eigenvalue weighted by atomic mass is 127. The molecule has 1 aromatic carbocycles. The van der Waals surface area contributed by atoms with Gasteiger partial charge in [-0.05, 0) is 31.0 Å². The van der Waals surface area contributed by atoms with Gasteiger partial charge in [-0.25, -0.2) is 4.99 Å². The molecule has 130 valence electrons. The van der Waals surface area contributed by atoms with E-state index in [2.05, 4.69) is 29.2 Å². The fourth-order valence-electron chi connectivity index (χ4n) is 2.48.